The molecule has 1 aliphatic heterocycles. The van der Waals surface area contributed by atoms with Gasteiger partial charge < -0.3 is 18.9 Å². The lowest BCUT2D eigenvalue weighted by Crippen LogP contribution is -2.39. The first-order chi connectivity index (χ1) is 15.0. The number of fused-ring (bicyclic) bond motifs is 1. The van der Waals surface area contributed by atoms with Gasteiger partial charge in [0, 0.05) is 26.7 Å². The van der Waals surface area contributed by atoms with E-state index in [0.717, 1.165) is 41.9 Å². The van der Waals surface area contributed by atoms with Gasteiger partial charge in [-0.05, 0) is 43.9 Å². The predicted octanol–water partition coefficient (Wildman–Crippen LogP) is 3.17. The largest absolute Gasteiger partial charge is 0.494 e. The lowest BCUT2D eigenvalue weighted by atomic mass is 9.99. The van der Waals surface area contributed by atoms with E-state index >= 15 is 0 Å². The molecular weight excluding hydrogens is 434 g/mol. The third kappa shape index (κ3) is 6.57. The van der Waals surface area contributed by atoms with Gasteiger partial charge in [-0.3, -0.25) is 9.59 Å². The molecule has 2 amide bonds. The number of carbonyl (C=O) groups is 2. The van der Waals surface area contributed by atoms with Crippen LogP contribution in [0.15, 0.2) is 23.2 Å². The van der Waals surface area contributed by atoms with E-state index in [9.17, 15) is 9.59 Å². The molecule has 0 radical (unpaired) electrons. The highest BCUT2D eigenvalue weighted by molar-refractivity contribution is 8.00. The number of hydrogen-bond donors (Lipinski definition) is 0. The highest BCUT2D eigenvalue weighted by Gasteiger charge is 2.20. The third-order valence-corrected chi connectivity index (χ3v) is 7.24. The molecule has 2 aromatic rings. The maximum atomic E-state index is 12.5. The Morgan fingerprint density at radius 2 is 2.03 bits per heavy atom. The molecule has 1 aromatic carbocycles. The van der Waals surface area contributed by atoms with Gasteiger partial charge in [0.2, 0.25) is 5.91 Å². The minimum atomic E-state index is -0.229. The lowest BCUT2D eigenvalue weighted by Gasteiger charge is -2.30. The van der Waals surface area contributed by atoms with E-state index in [1.807, 2.05) is 34.6 Å². The van der Waals surface area contributed by atoms with Crippen molar-refractivity contribution in [3.8, 4) is 5.75 Å². The van der Waals surface area contributed by atoms with Gasteiger partial charge in [-0.25, -0.2) is 0 Å². The molecule has 0 atom stereocenters. The van der Waals surface area contributed by atoms with E-state index in [1.54, 1.807) is 7.11 Å². The Hall–Kier alpha value is -1.84. The van der Waals surface area contributed by atoms with Crippen molar-refractivity contribution in [1.82, 2.24) is 9.47 Å². The summed E-state index contributed by atoms with van der Waals surface area (Å²) in [7, 11) is 1.65. The summed E-state index contributed by atoms with van der Waals surface area (Å²) in [5.74, 6) is 1.89. The van der Waals surface area contributed by atoms with Crippen LogP contribution in [0.3, 0.4) is 0 Å². The molecule has 170 valence electrons. The van der Waals surface area contributed by atoms with Crippen LogP contribution in [0, 0.1) is 5.92 Å². The summed E-state index contributed by atoms with van der Waals surface area (Å²) < 4.78 is 13.8. The van der Waals surface area contributed by atoms with Crippen molar-refractivity contribution >= 4 is 45.1 Å². The number of thiazole rings is 1. The van der Waals surface area contributed by atoms with E-state index < -0.39 is 0 Å². The monoisotopic (exact) mass is 465 g/mol. The Balaban J connectivity index is 1.66. The lowest BCUT2D eigenvalue weighted by molar-refractivity contribution is -0.129. The molecule has 1 aliphatic rings. The molecule has 0 saturated carbocycles. The molecule has 0 bridgehead atoms. The first kappa shape index (κ1) is 23.8. The third-order valence-electron chi connectivity index (χ3n) is 5.29. The molecule has 0 unspecified atom stereocenters. The average Bonchev–Trinajstić information content (AvgIpc) is 3.08. The van der Waals surface area contributed by atoms with E-state index in [1.165, 1.54) is 23.1 Å². The van der Waals surface area contributed by atoms with Crippen LogP contribution in [0.2, 0.25) is 0 Å². The number of carbonyl (C=O) groups excluding carboxylic acids is 2. The number of hydrogen-bond acceptors (Lipinski definition) is 6. The fourth-order valence-corrected chi connectivity index (χ4v) is 5.31. The molecule has 2 heterocycles. The summed E-state index contributed by atoms with van der Waals surface area (Å²) in [6.45, 7) is 7.55. The van der Waals surface area contributed by atoms with Crippen LogP contribution in [-0.4, -0.2) is 66.2 Å². The summed E-state index contributed by atoms with van der Waals surface area (Å²) in [6.07, 6.45) is 2.12. The molecule has 31 heavy (non-hydrogen) atoms. The fourth-order valence-electron chi connectivity index (χ4n) is 3.51. The maximum Gasteiger partial charge on any atom is 0.258 e. The maximum absolute atomic E-state index is 12.5. The number of aromatic nitrogens is 1. The number of amides is 2. The molecule has 7 nitrogen and oxygen atoms in total. The summed E-state index contributed by atoms with van der Waals surface area (Å²) >= 11 is 2.80. The zero-order valence-electron chi connectivity index (χ0n) is 18.5. The van der Waals surface area contributed by atoms with Crippen LogP contribution in [0.1, 0.15) is 26.7 Å². The van der Waals surface area contributed by atoms with Crippen molar-refractivity contribution in [3.05, 3.63) is 23.0 Å². The minimum Gasteiger partial charge on any atom is -0.494 e. The molecule has 9 heteroatoms. The molecule has 1 aromatic heterocycles. The smallest absolute Gasteiger partial charge is 0.258 e. The average molecular weight is 466 g/mol. The SMILES string of the molecule is CCOc1ccc2c(c1)sc(=NC(=O)CSCC(=O)N1CCC(C)CC1)n2CCOC. The van der Waals surface area contributed by atoms with Gasteiger partial charge in [-0.15, -0.1) is 11.8 Å². The van der Waals surface area contributed by atoms with Crippen molar-refractivity contribution in [2.45, 2.75) is 33.2 Å². The van der Waals surface area contributed by atoms with Gasteiger partial charge in [0.1, 0.15) is 5.75 Å². The summed E-state index contributed by atoms with van der Waals surface area (Å²) in [5, 5.41) is 0. The Morgan fingerprint density at radius 1 is 1.26 bits per heavy atom. The number of thioether (sulfide) groups is 1. The molecule has 0 N–H and O–H groups in total. The van der Waals surface area contributed by atoms with Crippen LogP contribution in [0.5, 0.6) is 5.75 Å². The molecule has 0 spiro atoms. The van der Waals surface area contributed by atoms with E-state index in [2.05, 4.69) is 11.9 Å². The Morgan fingerprint density at radius 3 is 2.74 bits per heavy atom. The summed E-state index contributed by atoms with van der Waals surface area (Å²) in [5.41, 5.74) is 0.999. The molecule has 0 aliphatic carbocycles. The first-order valence-electron chi connectivity index (χ1n) is 10.7. The van der Waals surface area contributed by atoms with Crippen LogP contribution in [0.25, 0.3) is 10.2 Å². The van der Waals surface area contributed by atoms with E-state index in [-0.39, 0.29) is 17.6 Å². The van der Waals surface area contributed by atoms with Crippen LogP contribution in [0.4, 0.5) is 0 Å². The number of likely N-dealkylation sites (tertiary alicyclic amines) is 1. The number of ether oxygens (including phenoxy) is 2. The van der Waals surface area contributed by atoms with E-state index in [4.69, 9.17) is 9.47 Å². The first-order valence-corrected chi connectivity index (χ1v) is 12.7. The normalized spacial score (nSPS) is 15.6. The zero-order chi connectivity index (χ0) is 22.2. The Kier molecular flexibility index (Phi) is 8.98. The molecule has 3 rings (SSSR count). The van der Waals surface area contributed by atoms with Crippen molar-refractivity contribution in [2.24, 2.45) is 10.9 Å². The predicted molar refractivity (Wildman–Crippen MR) is 126 cm³/mol. The van der Waals surface area contributed by atoms with Crippen molar-refractivity contribution in [1.29, 1.82) is 0 Å². The summed E-state index contributed by atoms with van der Waals surface area (Å²) in [4.78, 5) is 31.8. The zero-order valence-corrected chi connectivity index (χ0v) is 20.1. The van der Waals surface area contributed by atoms with Crippen LogP contribution in [-0.2, 0) is 20.9 Å². The molecule has 1 fully saturated rings. The number of methoxy groups -OCH3 is 1. The minimum absolute atomic E-state index is 0.116. The van der Waals surface area contributed by atoms with E-state index in [0.29, 0.717) is 36.2 Å². The number of nitrogens with zero attached hydrogens (tertiary/aromatic N) is 3. The quantitative estimate of drug-likeness (QED) is 0.569. The molecular formula is C22H31N3O4S2. The van der Waals surface area contributed by atoms with Crippen molar-refractivity contribution in [2.75, 3.05) is 44.9 Å². The number of piperidine rings is 1. The standard InChI is InChI=1S/C22H31N3O4S2/c1-4-29-17-5-6-18-19(13-17)31-22(25(18)11-12-28-3)23-20(26)14-30-15-21(27)24-9-7-16(2)8-10-24/h5-6,13,16H,4,7-12,14-15H2,1-3H3. The van der Waals surface area contributed by atoms with Gasteiger partial charge in [0.05, 0.1) is 34.9 Å². The highest BCUT2D eigenvalue weighted by atomic mass is 32.2. The van der Waals surface area contributed by atoms with Gasteiger partial charge in [-0.2, -0.15) is 4.99 Å². The Labute approximate surface area is 191 Å². The van der Waals surface area contributed by atoms with Gasteiger partial charge in [0.25, 0.3) is 5.91 Å². The molecule has 1 saturated heterocycles. The van der Waals surface area contributed by atoms with Crippen molar-refractivity contribution < 1.29 is 19.1 Å². The number of benzene rings is 1. The van der Waals surface area contributed by atoms with Crippen molar-refractivity contribution in [3.63, 3.8) is 0 Å². The number of rotatable bonds is 9. The Bertz CT molecular complexity index is 961. The second-order valence-corrected chi connectivity index (χ2v) is 9.65. The van der Waals surface area contributed by atoms with Crippen LogP contribution >= 0.6 is 23.1 Å². The second-order valence-electron chi connectivity index (χ2n) is 7.65. The topological polar surface area (TPSA) is 73.1 Å². The van der Waals surface area contributed by atoms with Gasteiger partial charge in [0.15, 0.2) is 4.80 Å². The second kappa shape index (κ2) is 11.7. The van der Waals surface area contributed by atoms with Crippen LogP contribution < -0.4 is 9.54 Å². The summed E-state index contributed by atoms with van der Waals surface area (Å²) in [6, 6.07) is 5.89. The van der Waals surface area contributed by atoms with Gasteiger partial charge in [-0.1, -0.05) is 18.3 Å². The fraction of sp³-hybridized carbons (Fsp3) is 0.591. The van der Waals surface area contributed by atoms with Gasteiger partial charge >= 0.3 is 0 Å². The highest BCUT2D eigenvalue weighted by Crippen LogP contribution is 2.23.